The molecule has 0 aliphatic rings. The summed E-state index contributed by atoms with van der Waals surface area (Å²) in [5.74, 6) is 0. The van der Waals surface area contributed by atoms with E-state index in [0.29, 0.717) is 0 Å². The zero-order chi connectivity index (χ0) is 46.1. The number of rotatable bonds is 7. The lowest BCUT2D eigenvalue weighted by Gasteiger charge is -2.26. The van der Waals surface area contributed by atoms with Gasteiger partial charge in [0.25, 0.3) is 0 Å². The van der Waals surface area contributed by atoms with Crippen molar-refractivity contribution in [2.45, 2.75) is 0 Å². The van der Waals surface area contributed by atoms with Crippen molar-refractivity contribution in [3.05, 3.63) is 261 Å². The Balaban J connectivity index is 0.907. The van der Waals surface area contributed by atoms with Gasteiger partial charge in [0.1, 0.15) is 5.58 Å². The van der Waals surface area contributed by atoms with E-state index in [9.17, 15) is 0 Å². The molecule has 14 rings (SSSR count). The molecule has 0 saturated heterocycles. The maximum absolute atomic E-state index is 7.25. The Morgan fingerprint density at radius 2 is 0.686 bits per heavy atom. The van der Waals surface area contributed by atoms with E-state index in [4.69, 9.17) is 4.42 Å². The van der Waals surface area contributed by atoms with Gasteiger partial charge in [-0.2, -0.15) is 0 Å². The van der Waals surface area contributed by atoms with Crippen LogP contribution in [0.1, 0.15) is 0 Å². The summed E-state index contributed by atoms with van der Waals surface area (Å²) < 4.78 is 7.25. The fraction of sp³-hybridized carbons (Fsp3) is 0. The monoisotopic (exact) mass is 889 g/mol. The molecule has 0 atom stereocenters. The van der Waals surface area contributed by atoms with E-state index >= 15 is 0 Å². The van der Waals surface area contributed by atoms with Gasteiger partial charge in [0.15, 0.2) is 5.58 Å². The molecule has 0 radical (unpaired) electrons. The van der Waals surface area contributed by atoms with Crippen molar-refractivity contribution in [3.8, 4) is 44.5 Å². The van der Waals surface area contributed by atoms with Gasteiger partial charge in [0.05, 0.1) is 5.69 Å². The predicted molar refractivity (Wildman–Crippen MR) is 298 cm³/mol. The number of benzene rings is 13. The number of anilines is 3. The van der Waals surface area contributed by atoms with Crippen LogP contribution in [0, 0.1) is 0 Å². The maximum Gasteiger partial charge on any atom is 0.159 e. The van der Waals surface area contributed by atoms with E-state index in [1.807, 2.05) is 0 Å². The summed E-state index contributed by atoms with van der Waals surface area (Å²) in [7, 11) is 0. The van der Waals surface area contributed by atoms with Gasteiger partial charge in [-0.1, -0.05) is 194 Å². The Hall–Kier alpha value is -9.24. The smallest absolute Gasteiger partial charge is 0.159 e. The molecule has 0 bridgehead atoms. The summed E-state index contributed by atoms with van der Waals surface area (Å²) in [4.78, 5) is 2.37. The van der Waals surface area contributed by atoms with Crippen molar-refractivity contribution < 1.29 is 4.42 Å². The van der Waals surface area contributed by atoms with Gasteiger partial charge in [0.2, 0.25) is 0 Å². The number of furan rings is 1. The van der Waals surface area contributed by atoms with E-state index in [2.05, 4.69) is 266 Å². The van der Waals surface area contributed by atoms with Crippen molar-refractivity contribution in [2.24, 2.45) is 0 Å². The molecule has 0 aliphatic carbocycles. The standard InChI is InChI=1S/C68H43NO/c1-2-13-48(14-3-1)64-43-58-17-8-9-18-62(58)66-63-19-10-20-65(67(63)70-68(64)66)69(61-36-33-47-23-26-57(41-59(47)42-61)53-25-22-45-12-5-7-16-50(45)38-53)60-34-31-46(32-35-60)51-27-28-55-40-56(30-29-54(55)39-51)52-24-21-44-11-4-6-15-49(44)37-52/h1-43H. The summed E-state index contributed by atoms with van der Waals surface area (Å²) in [6.45, 7) is 0. The molecule has 1 aromatic heterocycles. The first-order chi connectivity index (χ1) is 34.6. The van der Waals surface area contributed by atoms with Gasteiger partial charge in [-0.25, -0.2) is 0 Å². The van der Waals surface area contributed by atoms with Crippen LogP contribution in [0.5, 0.6) is 0 Å². The molecule has 0 spiro atoms. The molecule has 0 aliphatic heterocycles. The molecule has 0 unspecified atom stereocenters. The predicted octanol–water partition coefficient (Wildman–Crippen LogP) is 19.5. The van der Waals surface area contributed by atoms with Crippen LogP contribution in [-0.4, -0.2) is 0 Å². The summed E-state index contributed by atoms with van der Waals surface area (Å²) in [6.07, 6.45) is 0. The van der Waals surface area contributed by atoms with Gasteiger partial charge in [0, 0.05) is 27.7 Å². The second-order valence-corrected chi connectivity index (χ2v) is 18.5. The largest absolute Gasteiger partial charge is 0.453 e. The van der Waals surface area contributed by atoms with Crippen LogP contribution in [-0.2, 0) is 0 Å². The highest BCUT2D eigenvalue weighted by Crippen LogP contribution is 2.47. The van der Waals surface area contributed by atoms with Crippen LogP contribution in [0.2, 0.25) is 0 Å². The lowest BCUT2D eigenvalue weighted by Crippen LogP contribution is -2.10. The molecule has 13 aromatic carbocycles. The summed E-state index contributed by atoms with van der Waals surface area (Å²) in [5.41, 5.74) is 14.2. The lowest BCUT2D eigenvalue weighted by molar-refractivity contribution is 0.670. The normalized spacial score (nSPS) is 11.7. The van der Waals surface area contributed by atoms with Crippen LogP contribution >= 0.6 is 0 Å². The Morgan fingerprint density at radius 3 is 1.31 bits per heavy atom. The third-order valence-electron chi connectivity index (χ3n) is 14.3. The summed E-state index contributed by atoms with van der Waals surface area (Å²) in [6, 6.07) is 95.0. The summed E-state index contributed by atoms with van der Waals surface area (Å²) in [5, 5.41) is 14.4. The SMILES string of the molecule is c1ccc(-c2cc3ccccc3c3c2oc2c(N(c4ccc(-c5ccc6cc(-c7ccc8ccccc8c7)ccc6c5)cc4)c4ccc5ccc(-c6ccc7ccccc7c6)cc5c4)cccc23)cc1. The lowest BCUT2D eigenvalue weighted by atomic mass is 9.96. The van der Waals surface area contributed by atoms with Gasteiger partial charge in [-0.05, 0) is 160 Å². The highest BCUT2D eigenvalue weighted by molar-refractivity contribution is 6.24. The molecule has 326 valence electrons. The molecular weight excluding hydrogens is 847 g/mol. The van der Waals surface area contributed by atoms with Crippen molar-refractivity contribution in [1.82, 2.24) is 0 Å². The van der Waals surface area contributed by atoms with E-state index < -0.39 is 0 Å². The Labute approximate surface area is 405 Å². The number of hydrogen-bond donors (Lipinski definition) is 0. The van der Waals surface area contributed by atoms with Crippen molar-refractivity contribution in [3.63, 3.8) is 0 Å². The quantitative estimate of drug-likeness (QED) is 0.159. The zero-order valence-electron chi connectivity index (χ0n) is 38.2. The fourth-order valence-corrected chi connectivity index (χ4v) is 10.8. The van der Waals surface area contributed by atoms with Gasteiger partial charge < -0.3 is 9.32 Å². The van der Waals surface area contributed by atoms with Gasteiger partial charge >= 0.3 is 0 Å². The third-order valence-corrected chi connectivity index (χ3v) is 14.3. The van der Waals surface area contributed by atoms with E-state index in [0.717, 1.165) is 55.7 Å². The second kappa shape index (κ2) is 16.2. The molecule has 1 heterocycles. The molecule has 14 aromatic rings. The van der Waals surface area contributed by atoms with Crippen LogP contribution in [0.4, 0.5) is 17.1 Å². The molecule has 0 N–H and O–H groups in total. The van der Waals surface area contributed by atoms with Crippen LogP contribution in [0.25, 0.3) is 120 Å². The highest BCUT2D eigenvalue weighted by Gasteiger charge is 2.23. The molecular formula is C68H43NO. The van der Waals surface area contributed by atoms with Crippen molar-refractivity contribution in [2.75, 3.05) is 4.90 Å². The van der Waals surface area contributed by atoms with Crippen molar-refractivity contribution >= 4 is 92.9 Å². The average Bonchev–Trinajstić information content (AvgIpc) is 3.83. The number of fused-ring (bicyclic) bond motifs is 9. The van der Waals surface area contributed by atoms with Crippen LogP contribution in [0.15, 0.2) is 265 Å². The first kappa shape index (κ1) is 39.9. The van der Waals surface area contributed by atoms with Gasteiger partial charge in [-0.15, -0.1) is 0 Å². The Bertz CT molecular complexity index is 4350. The van der Waals surface area contributed by atoms with Crippen molar-refractivity contribution in [1.29, 1.82) is 0 Å². The zero-order valence-corrected chi connectivity index (χ0v) is 38.2. The minimum Gasteiger partial charge on any atom is -0.453 e. The first-order valence-electron chi connectivity index (χ1n) is 24.0. The maximum atomic E-state index is 7.25. The highest BCUT2D eigenvalue weighted by atomic mass is 16.3. The number of hydrogen-bond acceptors (Lipinski definition) is 2. The van der Waals surface area contributed by atoms with E-state index in [1.165, 1.54) is 81.7 Å². The van der Waals surface area contributed by atoms with Crippen LogP contribution in [0.3, 0.4) is 0 Å². The van der Waals surface area contributed by atoms with Gasteiger partial charge in [-0.3, -0.25) is 0 Å². The average molecular weight is 890 g/mol. The molecule has 2 nitrogen and oxygen atoms in total. The van der Waals surface area contributed by atoms with Crippen LogP contribution < -0.4 is 4.90 Å². The topological polar surface area (TPSA) is 16.4 Å². The molecule has 0 amide bonds. The Morgan fingerprint density at radius 1 is 0.243 bits per heavy atom. The summed E-state index contributed by atoms with van der Waals surface area (Å²) >= 11 is 0. The Kier molecular flexibility index (Phi) is 9.25. The molecule has 70 heavy (non-hydrogen) atoms. The minimum atomic E-state index is 0.845. The number of nitrogens with zero attached hydrogens (tertiary/aromatic N) is 1. The number of para-hydroxylation sites is 1. The molecule has 0 fully saturated rings. The third kappa shape index (κ3) is 6.80. The minimum absolute atomic E-state index is 0.845. The molecule has 2 heteroatoms. The molecule has 0 saturated carbocycles. The fourth-order valence-electron chi connectivity index (χ4n) is 10.8. The first-order valence-corrected chi connectivity index (χ1v) is 24.0. The van der Waals surface area contributed by atoms with E-state index in [1.54, 1.807) is 0 Å². The van der Waals surface area contributed by atoms with E-state index in [-0.39, 0.29) is 0 Å². The second-order valence-electron chi connectivity index (χ2n) is 18.5.